The van der Waals surface area contributed by atoms with Gasteiger partial charge in [-0.1, -0.05) is 12.1 Å². The summed E-state index contributed by atoms with van der Waals surface area (Å²) in [5.41, 5.74) is 1.60. The molecule has 0 saturated heterocycles. The second kappa shape index (κ2) is 7.12. The van der Waals surface area contributed by atoms with Crippen molar-refractivity contribution >= 4 is 38.9 Å². The van der Waals surface area contributed by atoms with Crippen molar-refractivity contribution in [3.63, 3.8) is 0 Å². The zero-order valence-electron chi connectivity index (χ0n) is 13.0. The van der Waals surface area contributed by atoms with E-state index in [0.717, 1.165) is 23.0 Å². The molecule has 128 valence electrons. The van der Waals surface area contributed by atoms with Crippen LogP contribution in [0.2, 0.25) is 0 Å². The summed E-state index contributed by atoms with van der Waals surface area (Å²) in [5.74, 6) is -1.29. The number of nitrogens with one attached hydrogen (secondary N) is 1. The Balaban J connectivity index is 2.00. The lowest BCUT2D eigenvalue weighted by Gasteiger charge is -2.13. The van der Waals surface area contributed by atoms with Gasteiger partial charge in [-0.15, -0.1) is 11.3 Å². The van der Waals surface area contributed by atoms with Gasteiger partial charge in [0.15, 0.2) is 6.10 Å². The summed E-state index contributed by atoms with van der Waals surface area (Å²) in [4.78, 5) is 24.0. The molecule has 1 heterocycles. The molecule has 24 heavy (non-hydrogen) atoms. The van der Waals surface area contributed by atoms with E-state index in [1.807, 2.05) is 13.0 Å². The topological polar surface area (TPSA) is 116 Å². The first kappa shape index (κ1) is 18.1. The molecule has 0 aliphatic heterocycles. The molecule has 1 unspecified atom stereocenters. The maximum atomic E-state index is 12.1. The van der Waals surface area contributed by atoms with Crippen molar-refractivity contribution < 1.29 is 22.7 Å². The summed E-state index contributed by atoms with van der Waals surface area (Å²) in [7, 11) is -3.87. The molecule has 1 aromatic heterocycles. The molecule has 0 saturated carbocycles. The van der Waals surface area contributed by atoms with Crippen LogP contribution in [0.5, 0.6) is 0 Å². The second-order valence-corrected chi connectivity index (χ2v) is 7.81. The number of hydrogen-bond donors (Lipinski definition) is 2. The Kier molecular flexibility index (Phi) is 5.37. The van der Waals surface area contributed by atoms with E-state index in [-0.39, 0.29) is 9.77 Å². The van der Waals surface area contributed by atoms with Gasteiger partial charge >= 0.3 is 5.97 Å². The highest BCUT2D eigenvalue weighted by molar-refractivity contribution is 7.91. The number of benzene rings is 1. The highest BCUT2D eigenvalue weighted by Crippen LogP contribution is 2.20. The molecule has 9 heteroatoms. The minimum Gasteiger partial charge on any atom is -0.449 e. The fourth-order valence-corrected chi connectivity index (χ4v) is 3.40. The first-order valence-corrected chi connectivity index (χ1v) is 9.29. The van der Waals surface area contributed by atoms with Crippen molar-refractivity contribution in [2.45, 2.75) is 24.2 Å². The number of carbonyl (C=O) groups is 2. The largest absolute Gasteiger partial charge is 0.449 e. The Bertz CT molecular complexity index is 873. The molecule has 1 amide bonds. The van der Waals surface area contributed by atoms with Crippen LogP contribution in [0.3, 0.4) is 0 Å². The number of aryl methyl sites for hydroxylation is 1. The molecule has 0 fully saturated rings. The Morgan fingerprint density at radius 3 is 2.58 bits per heavy atom. The average Bonchev–Trinajstić information content (AvgIpc) is 2.97. The van der Waals surface area contributed by atoms with E-state index in [4.69, 9.17) is 9.88 Å². The molecule has 1 atom stereocenters. The Hall–Kier alpha value is -2.23. The lowest BCUT2D eigenvalue weighted by Crippen LogP contribution is -2.29. The van der Waals surface area contributed by atoms with E-state index >= 15 is 0 Å². The average molecular weight is 368 g/mol. The number of thiophene rings is 1. The van der Waals surface area contributed by atoms with Gasteiger partial charge in [0, 0.05) is 11.1 Å². The summed E-state index contributed by atoms with van der Waals surface area (Å²) >= 11 is 0.810. The Labute approximate surface area is 143 Å². The van der Waals surface area contributed by atoms with Crippen molar-refractivity contribution in [3.05, 3.63) is 46.8 Å². The monoisotopic (exact) mass is 368 g/mol. The van der Waals surface area contributed by atoms with Gasteiger partial charge in [-0.3, -0.25) is 4.79 Å². The van der Waals surface area contributed by atoms with Gasteiger partial charge in [0.05, 0.1) is 5.56 Å². The third kappa shape index (κ3) is 4.63. The molecule has 0 aliphatic rings. The van der Waals surface area contributed by atoms with Crippen molar-refractivity contribution in [3.8, 4) is 0 Å². The van der Waals surface area contributed by atoms with Crippen molar-refractivity contribution in [2.75, 3.05) is 5.32 Å². The van der Waals surface area contributed by atoms with Crippen LogP contribution in [-0.2, 0) is 19.6 Å². The number of nitrogens with two attached hydrogens (primary N) is 1. The SMILES string of the molecule is Cc1cccc(NC(=O)C(C)OC(=O)c2csc(S(N)(=O)=O)c2)c1. The highest BCUT2D eigenvalue weighted by atomic mass is 32.2. The molecule has 0 radical (unpaired) electrons. The minimum atomic E-state index is -3.87. The van der Waals surface area contributed by atoms with Crippen LogP contribution in [-0.4, -0.2) is 26.4 Å². The standard InChI is InChI=1S/C15H16N2O5S2/c1-9-4-3-5-12(6-9)17-14(18)10(2)22-15(19)11-7-13(23-8-11)24(16,20)21/h3-8,10H,1-2H3,(H,17,18)(H2,16,20,21). The molecule has 1 aromatic carbocycles. The molecule has 2 aromatic rings. The Morgan fingerprint density at radius 2 is 2.00 bits per heavy atom. The summed E-state index contributed by atoms with van der Waals surface area (Å²) in [6.45, 7) is 3.31. The molecule has 7 nitrogen and oxygen atoms in total. The van der Waals surface area contributed by atoms with Gasteiger partial charge in [-0.2, -0.15) is 0 Å². The van der Waals surface area contributed by atoms with Gasteiger partial charge in [-0.05, 0) is 37.6 Å². The molecular weight excluding hydrogens is 352 g/mol. The third-order valence-corrected chi connectivity index (χ3v) is 5.42. The van der Waals surface area contributed by atoms with Crippen LogP contribution in [0, 0.1) is 6.92 Å². The summed E-state index contributed by atoms with van der Waals surface area (Å²) in [5, 5.41) is 8.94. The maximum absolute atomic E-state index is 12.1. The number of anilines is 1. The number of carbonyl (C=O) groups excluding carboxylic acids is 2. The van der Waals surface area contributed by atoms with E-state index in [1.54, 1.807) is 18.2 Å². The summed E-state index contributed by atoms with van der Waals surface area (Å²) < 4.78 is 27.3. The number of sulfonamides is 1. The number of primary sulfonamides is 1. The predicted octanol–water partition coefficient (Wildman–Crippen LogP) is 1.89. The van der Waals surface area contributed by atoms with Crippen molar-refractivity contribution in [1.29, 1.82) is 0 Å². The molecular formula is C15H16N2O5S2. The first-order chi connectivity index (χ1) is 11.2. The summed E-state index contributed by atoms with van der Waals surface area (Å²) in [6.07, 6.45) is -1.05. The van der Waals surface area contributed by atoms with E-state index < -0.39 is 28.0 Å². The van der Waals surface area contributed by atoms with Crippen LogP contribution in [0.1, 0.15) is 22.8 Å². The Morgan fingerprint density at radius 1 is 1.29 bits per heavy atom. The number of rotatable bonds is 5. The maximum Gasteiger partial charge on any atom is 0.339 e. The van der Waals surface area contributed by atoms with Crippen LogP contribution in [0.15, 0.2) is 39.9 Å². The highest BCUT2D eigenvalue weighted by Gasteiger charge is 2.21. The molecule has 0 aliphatic carbocycles. The lowest BCUT2D eigenvalue weighted by molar-refractivity contribution is -0.123. The first-order valence-electron chi connectivity index (χ1n) is 6.86. The normalized spacial score (nSPS) is 12.5. The fourth-order valence-electron chi connectivity index (χ4n) is 1.82. The fraction of sp³-hybridized carbons (Fsp3) is 0.200. The van der Waals surface area contributed by atoms with Gasteiger partial charge in [0.1, 0.15) is 4.21 Å². The van der Waals surface area contributed by atoms with Gasteiger partial charge in [0.2, 0.25) is 10.0 Å². The lowest BCUT2D eigenvalue weighted by atomic mass is 10.2. The van der Waals surface area contributed by atoms with Crippen LogP contribution in [0.25, 0.3) is 0 Å². The van der Waals surface area contributed by atoms with E-state index in [0.29, 0.717) is 5.69 Å². The van der Waals surface area contributed by atoms with Crippen LogP contribution < -0.4 is 10.5 Å². The number of esters is 1. The van der Waals surface area contributed by atoms with Crippen molar-refractivity contribution in [1.82, 2.24) is 0 Å². The quantitative estimate of drug-likeness (QED) is 0.782. The van der Waals surface area contributed by atoms with E-state index in [1.165, 1.54) is 12.3 Å². The van der Waals surface area contributed by atoms with Crippen LogP contribution >= 0.6 is 11.3 Å². The number of amides is 1. The minimum absolute atomic E-state index is 0.0271. The van der Waals surface area contributed by atoms with Crippen LogP contribution in [0.4, 0.5) is 5.69 Å². The second-order valence-electron chi connectivity index (χ2n) is 5.11. The summed E-state index contributed by atoms with van der Waals surface area (Å²) in [6, 6.07) is 8.30. The van der Waals surface area contributed by atoms with E-state index in [2.05, 4.69) is 5.32 Å². The molecule has 0 bridgehead atoms. The molecule has 0 spiro atoms. The zero-order valence-corrected chi connectivity index (χ0v) is 14.6. The van der Waals surface area contributed by atoms with Crippen molar-refractivity contribution in [2.24, 2.45) is 5.14 Å². The zero-order chi connectivity index (χ0) is 17.9. The van der Waals surface area contributed by atoms with Gasteiger partial charge in [0.25, 0.3) is 5.91 Å². The molecule has 2 rings (SSSR count). The smallest absolute Gasteiger partial charge is 0.339 e. The number of hydrogen-bond acceptors (Lipinski definition) is 6. The van der Waals surface area contributed by atoms with Gasteiger partial charge < -0.3 is 10.1 Å². The predicted molar refractivity (Wildman–Crippen MR) is 90.4 cm³/mol. The third-order valence-electron chi connectivity index (χ3n) is 3.03. The van der Waals surface area contributed by atoms with E-state index in [9.17, 15) is 18.0 Å². The number of ether oxygens (including phenoxy) is 1. The van der Waals surface area contributed by atoms with Gasteiger partial charge in [-0.25, -0.2) is 18.4 Å². The molecule has 3 N–H and O–H groups in total.